The average molecular weight is 373 g/mol. The van der Waals surface area contributed by atoms with Gasteiger partial charge >= 0.3 is 0 Å². The second-order valence-electron chi connectivity index (χ2n) is 6.32. The number of thiazole rings is 1. The maximum absolute atomic E-state index is 5.75. The molecule has 0 radical (unpaired) electrons. The standard InChI is InChI=1S/C20H28N4OS/c1-3-21-20(24-12-10-18(11-13-24)25-4-2)22-14-17-15-26-19(23-17)16-8-6-5-7-9-16/h5-9,15,18H,3-4,10-14H2,1-2H3,(H,21,22). The van der Waals surface area contributed by atoms with Gasteiger partial charge in [0, 0.05) is 37.2 Å². The zero-order chi connectivity index (χ0) is 18.2. The first-order valence-corrected chi connectivity index (χ1v) is 10.3. The van der Waals surface area contributed by atoms with E-state index in [9.17, 15) is 0 Å². The normalized spacial score (nSPS) is 16.1. The number of piperidine rings is 1. The van der Waals surface area contributed by atoms with Crippen LogP contribution >= 0.6 is 11.3 Å². The molecule has 0 amide bonds. The highest BCUT2D eigenvalue weighted by Gasteiger charge is 2.21. The number of benzene rings is 1. The van der Waals surface area contributed by atoms with Gasteiger partial charge in [-0.25, -0.2) is 9.98 Å². The molecule has 0 spiro atoms. The highest BCUT2D eigenvalue weighted by molar-refractivity contribution is 7.13. The molecule has 0 atom stereocenters. The number of aliphatic imine (C=N–C) groups is 1. The SMILES string of the molecule is CCNC(=NCc1csc(-c2ccccc2)n1)N1CCC(OCC)CC1. The van der Waals surface area contributed by atoms with E-state index in [1.165, 1.54) is 0 Å². The third kappa shape index (κ3) is 5.05. The van der Waals surface area contributed by atoms with Crippen LogP contribution in [0.3, 0.4) is 0 Å². The van der Waals surface area contributed by atoms with Crippen molar-refractivity contribution in [3.63, 3.8) is 0 Å². The Balaban J connectivity index is 1.62. The second-order valence-corrected chi connectivity index (χ2v) is 7.18. The fraction of sp³-hybridized carbons (Fsp3) is 0.500. The largest absolute Gasteiger partial charge is 0.378 e. The van der Waals surface area contributed by atoms with Gasteiger partial charge < -0.3 is 15.0 Å². The molecule has 0 unspecified atom stereocenters. The summed E-state index contributed by atoms with van der Waals surface area (Å²) < 4.78 is 5.75. The van der Waals surface area contributed by atoms with E-state index >= 15 is 0 Å². The van der Waals surface area contributed by atoms with E-state index in [1.807, 2.05) is 18.2 Å². The van der Waals surface area contributed by atoms with Crippen molar-refractivity contribution in [1.82, 2.24) is 15.2 Å². The smallest absolute Gasteiger partial charge is 0.194 e. The number of nitrogens with zero attached hydrogens (tertiary/aromatic N) is 3. The van der Waals surface area contributed by atoms with Crippen LogP contribution in [0.5, 0.6) is 0 Å². The molecule has 3 rings (SSSR count). The Bertz CT molecular complexity index is 693. The molecule has 1 saturated heterocycles. The van der Waals surface area contributed by atoms with Crippen molar-refractivity contribution in [2.75, 3.05) is 26.2 Å². The Labute approximate surface area is 160 Å². The van der Waals surface area contributed by atoms with Gasteiger partial charge in [0.15, 0.2) is 5.96 Å². The Hall–Kier alpha value is -1.92. The quantitative estimate of drug-likeness (QED) is 0.619. The Morgan fingerprint density at radius 3 is 2.73 bits per heavy atom. The van der Waals surface area contributed by atoms with E-state index in [0.29, 0.717) is 12.6 Å². The molecule has 140 valence electrons. The number of ether oxygens (including phenoxy) is 1. The fourth-order valence-corrected chi connectivity index (χ4v) is 3.96. The number of nitrogens with one attached hydrogen (secondary N) is 1. The monoisotopic (exact) mass is 372 g/mol. The van der Waals surface area contributed by atoms with Gasteiger partial charge in [0.05, 0.1) is 18.3 Å². The minimum absolute atomic E-state index is 0.395. The number of likely N-dealkylation sites (tertiary alicyclic amines) is 1. The summed E-state index contributed by atoms with van der Waals surface area (Å²) in [6.45, 7) is 8.43. The third-order valence-electron chi connectivity index (χ3n) is 4.44. The molecule has 26 heavy (non-hydrogen) atoms. The van der Waals surface area contributed by atoms with Crippen LogP contribution < -0.4 is 5.32 Å². The molecule has 0 bridgehead atoms. The zero-order valence-electron chi connectivity index (χ0n) is 15.6. The number of hydrogen-bond acceptors (Lipinski definition) is 4. The van der Waals surface area contributed by atoms with Gasteiger partial charge in [-0.1, -0.05) is 30.3 Å². The highest BCUT2D eigenvalue weighted by atomic mass is 32.1. The van der Waals surface area contributed by atoms with E-state index in [4.69, 9.17) is 14.7 Å². The predicted molar refractivity (Wildman–Crippen MR) is 109 cm³/mol. The van der Waals surface area contributed by atoms with E-state index in [1.54, 1.807) is 11.3 Å². The second kappa shape index (κ2) is 9.69. The minimum Gasteiger partial charge on any atom is -0.378 e. The van der Waals surface area contributed by atoms with Crippen molar-refractivity contribution in [3.8, 4) is 10.6 Å². The summed E-state index contributed by atoms with van der Waals surface area (Å²) in [6, 6.07) is 10.3. The van der Waals surface area contributed by atoms with Crippen LogP contribution in [0.25, 0.3) is 10.6 Å². The molecule has 0 saturated carbocycles. The Morgan fingerprint density at radius 1 is 1.27 bits per heavy atom. The summed E-state index contributed by atoms with van der Waals surface area (Å²) in [4.78, 5) is 11.9. The van der Waals surface area contributed by atoms with Crippen molar-refractivity contribution in [1.29, 1.82) is 0 Å². The van der Waals surface area contributed by atoms with Crippen LogP contribution in [0.1, 0.15) is 32.4 Å². The molecule has 1 aromatic heterocycles. The molecular formula is C20H28N4OS. The lowest BCUT2D eigenvalue weighted by atomic mass is 10.1. The summed E-state index contributed by atoms with van der Waals surface area (Å²) in [6.07, 6.45) is 2.52. The minimum atomic E-state index is 0.395. The van der Waals surface area contributed by atoms with E-state index in [0.717, 1.165) is 61.3 Å². The molecule has 1 N–H and O–H groups in total. The fourth-order valence-electron chi connectivity index (χ4n) is 3.14. The lowest BCUT2D eigenvalue weighted by molar-refractivity contribution is 0.0263. The first-order valence-electron chi connectivity index (χ1n) is 9.44. The van der Waals surface area contributed by atoms with Crippen LogP contribution in [0.15, 0.2) is 40.7 Å². The number of rotatable bonds is 6. The van der Waals surface area contributed by atoms with Gasteiger partial charge in [0.1, 0.15) is 5.01 Å². The van der Waals surface area contributed by atoms with Crippen LogP contribution in [0.2, 0.25) is 0 Å². The maximum atomic E-state index is 5.75. The van der Waals surface area contributed by atoms with Crippen molar-refractivity contribution in [3.05, 3.63) is 41.4 Å². The first-order chi connectivity index (χ1) is 12.8. The van der Waals surface area contributed by atoms with Gasteiger partial charge in [-0.05, 0) is 26.7 Å². The first kappa shape index (κ1) is 18.9. The lowest BCUT2D eigenvalue weighted by Crippen LogP contribution is -2.47. The average Bonchev–Trinajstić information content (AvgIpc) is 3.16. The van der Waals surface area contributed by atoms with Crippen LogP contribution in [0, 0.1) is 0 Å². The van der Waals surface area contributed by atoms with Crippen LogP contribution in [-0.2, 0) is 11.3 Å². The maximum Gasteiger partial charge on any atom is 0.194 e. The summed E-state index contributed by atoms with van der Waals surface area (Å²) in [5, 5.41) is 6.58. The van der Waals surface area contributed by atoms with Crippen molar-refractivity contribution < 1.29 is 4.74 Å². The molecule has 1 aliphatic rings. The van der Waals surface area contributed by atoms with Crippen molar-refractivity contribution >= 4 is 17.3 Å². The molecule has 1 aliphatic heterocycles. The molecule has 0 aliphatic carbocycles. The predicted octanol–water partition coefficient (Wildman–Crippen LogP) is 3.78. The van der Waals surface area contributed by atoms with Crippen LogP contribution in [-0.4, -0.2) is 48.2 Å². The molecule has 5 nitrogen and oxygen atoms in total. The van der Waals surface area contributed by atoms with Gasteiger partial charge in [-0.15, -0.1) is 11.3 Å². The molecule has 1 aromatic carbocycles. The lowest BCUT2D eigenvalue weighted by Gasteiger charge is -2.34. The number of aromatic nitrogens is 1. The van der Waals surface area contributed by atoms with E-state index in [2.05, 4.69) is 41.6 Å². The Kier molecular flexibility index (Phi) is 7.03. The molecule has 2 aromatic rings. The van der Waals surface area contributed by atoms with Crippen molar-refractivity contribution in [2.24, 2.45) is 4.99 Å². The van der Waals surface area contributed by atoms with Crippen molar-refractivity contribution in [2.45, 2.75) is 39.3 Å². The number of guanidine groups is 1. The molecular weight excluding hydrogens is 344 g/mol. The molecule has 6 heteroatoms. The zero-order valence-corrected chi connectivity index (χ0v) is 16.5. The topological polar surface area (TPSA) is 49.8 Å². The van der Waals surface area contributed by atoms with Gasteiger partial charge in [0.2, 0.25) is 0 Å². The summed E-state index contributed by atoms with van der Waals surface area (Å²) >= 11 is 1.68. The highest BCUT2D eigenvalue weighted by Crippen LogP contribution is 2.23. The van der Waals surface area contributed by atoms with Gasteiger partial charge in [0.25, 0.3) is 0 Å². The molecule has 2 heterocycles. The van der Waals surface area contributed by atoms with E-state index < -0.39 is 0 Å². The van der Waals surface area contributed by atoms with E-state index in [-0.39, 0.29) is 0 Å². The van der Waals surface area contributed by atoms with Gasteiger partial charge in [-0.3, -0.25) is 0 Å². The summed E-state index contributed by atoms with van der Waals surface area (Å²) in [5.74, 6) is 0.983. The summed E-state index contributed by atoms with van der Waals surface area (Å²) in [7, 11) is 0. The summed E-state index contributed by atoms with van der Waals surface area (Å²) in [5.41, 5.74) is 2.19. The Morgan fingerprint density at radius 2 is 2.04 bits per heavy atom. The third-order valence-corrected chi connectivity index (χ3v) is 5.38. The molecule has 1 fully saturated rings. The number of hydrogen-bond donors (Lipinski definition) is 1. The van der Waals surface area contributed by atoms with Gasteiger partial charge in [-0.2, -0.15) is 0 Å². The van der Waals surface area contributed by atoms with Crippen LogP contribution in [0.4, 0.5) is 0 Å².